The van der Waals surface area contributed by atoms with Crippen LogP contribution in [0, 0.1) is 11.8 Å². The maximum absolute atomic E-state index is 12.7. The number of pyridine rings is 2. The molecule has 2 N–H and O–H groups in total. The van der Waals surface area contributed by atoms with Crippen molar-refractivity contribution in [1.82, 2.24) is 20.2 Å². The average Bonchev–Trinajstić information content (AvgIpc) is 3.46. The van der Waals surface area contributed by atoms with Crippen molar-refractivity contribution in [3.05, 3.63) is 34.7 Å². The number of nitrogens with zero attached hydrogens (tertiary/aromatic N) is 3. The molecule has 8 heteroatoms. The molecule has 2 aromatic rings. The van der Waals surface area contributed by atoms with Crippen molar-refractivity contribution in [3.8, 4) is 0 Å². The zero-order valence-corrected chi connectivity index (χ0v) is 18.1. The molecular formula is C21H25BrN4O3. The van der Waals surface area contributed by atoms with Crippen molar-refractivity contribution in [2.24, 2.45) is 11.8 Å². The van der Waals surface area contributed by atoms with Crippen LogP contribution in [0.15, 0.2) is 29.0 Å². The zero-order valence-electron chi connectivity index (χ0n) is 16.6. The zero-order chi connectivity index (χ0) is 20.8. The molecule has 2 fully saturated rings. The molecule has 0 spiro atoms. The Hall–Kier alpha value is -2.06. The van der Waals surface area contributed by atoms with Gasteiger partial charge in [-0.15, -0.1) is 0 Å². The van der Waals surface area contributed by atoms with E-state index in [0.717, 1.165) is 29.1 Å². The second-order valence-electron chi connectivity index (χ2n) is 8.58. The SMILES string of the molecule is CC(C)(O)C(=O)N1CCCC(C2CC2NC(=O)c2ccc3cncc(Br)c3n2)C1. The number of fused-ring (bicyclic) bond motifs is 1. The first-order chi connectivity index (χ1) is 13.7. The summed E-state index contributed by atoms with van der Waals surface area (Å²) in [5, 5.41) is 14.0. The van der Waals surface area contributed by atoms with Crippen molar-refractivity contribution in [3.63, 3.8) is 0 Å². The Labute approximate surface area is 178 Å². The second kappa shape index (κ2) is 7.65. The molecule has 1 aliphatic carbocycles. The van der Waals surface area contributed by atoms with Gasteiger partial charge in [0.25, 0.3) is 11.8 Å². The van der Waals surface area contributed by atoms with Gasteiger partial charge in [0.15, 0.2) is 0 Å². The predicted octanol–water partition coefficient (Wildman–Crippen LogP) is 2.52. The molecule has 2 aromatic heterocycles. The number of hydrogen-bond donors (Lipinski definition) is 2. The summed E-state index contributed by atoms with van der Waals surface area (Å²) in [6, 6.07) is 3.68. The molecule has 0 bridgehead atoms. The van der Waals surface area contributed by atoms with Crippen molar-refractivity contribution in [2.45, 2.75) is 44.8 Å². The van der Waals surface area contributed by atoms with E-state index in [9.17, 15) is 14.7 Å². The van der Waals surface area contributed by atoms with Crippen LogP contribution in [0.1, 0.15) is 43.6 Å². The van der Waals surface area contributed by atoms with E-state index < -0.39 is 5.60 Å². The highest BCUT2D eigenvalue weighted by molar-refractivity contribution is 9.10. The lowest BCUT2D eigenvalue weighted by Crippen LogP contribution is -2.49. The summed E-state index contributed by atoms with van der Waals surface area (Å²) >= 11 is 3.43. The number of halogens is 1. The number of carbonyl (C=O) groups excluding carboxylic acids is 2. The van der Waals surface area contributed by atoms with Gasteiger partial charge in [-0.1, -0.05) is 0 Å². The largest absolute Gasteiger partial charge is 0.381 e. The number of hydrogen-bond acceptors (Lipinski definition) is 5. The molecule has 3 heterocycles. The van der Waals surface area contributed by atoms with E-state index >= 15 is 0 Å². The average molecular weight is 461 g/mol. The quantitative estimate of drug-likeness (QED) is 0.730. The van der Waals surface area contributed by atoms with Gasteiger partial charge in [-0.05, 0) is 73.0 Å². The van der Waals surface area contributed by atoms with Crippen LogP contribution in [-0.2, 0) is 4.79 Å². The second-order valence-corrected chi connectivity index (χ2v) is 9.44. The number of nitrogens with one attached hydrogen (secondary N) is 1. The molecule has 2 aliphatic rings. The third kappa shape index (κ3) is 4.28. The first-order valence-corrected chi connectivity index (χ1v) is 10.8. The highest BCUT2D eigenvalue weighted by Crippen LogP contribution is 2.42. The summed E-state index contributed by atoms with van der Waals surface area (Å²) in [5.74, 6) is 0.324. The predicted molar refractivity (Wildman–Crippen MR) is 112 cm³/mol. The number of aliphatic hydroxyl groups is 1. The van der Waals surface area contributed by atoms with E-state index in [1.807, 2.05) is 6.07 Å². The number of piperidine rings is 1. The molecular weight excluding hydrogens is 436 g/mol. The molecule has 3 unspecified atom stereocenters. The van der Waals surface area contributed by atoms with Gasteiger partial charge in [-0.3, -0.25) is 14.6 Å². The molecule has 4 rings (SSSR count). The maximum Gasteiger partial charge on any atom is 0.270 e. The molecule has 1 aliphatic heterocycles. The third-order valence-corrected chi connectivity index (χ3v) is 6.40. The summed E-state index contributed by atoms with van der Waals surface area (Å²) in [6.45, 7) is 4.40. The van der Waals surface area contributed by atoms with Gasteiger partial charge in [-0.2, -0.15) is 0 Å². The number of amides is 2. The normalized spacial score (nSPS) is 24.4. The van der Waals surface area contributed by atoms with Crippen LogP contribution in [-0.4, -0.2) is 56.5 Å². The van der Waals surface area contributed by atoms with Crippen LogP contribution in [0.25, 0.3) is 10.9 Å². The maximum atomic E-state index is 12.7. The van der Waals surface area contributed by atoms with Gasteiger partial charge in [-0.25, -0.2) is 4.98 Å². The molecule has 0 aromatic carbocycles. The molecule has 7 nitrogen and oxygen atoms in total. The van der Waals surface area contributed by atoms with Gasteiger partial charge in [0.05, 0.1) is 9.99 Å². The van der Waals surface area contributed by atoms with E-state index in [2.05, 4.69) is 31.2 Å². The van der Waals surface area contributed by atoms with E-state index in [-0.39, 0.29) is 17.9 Å². The number of carbonyl (C=O) groups is 2. The lowest BCUT2D eigenvalue weighted by atomic mass is 9.92. The molecule has 1 saturated heterocycles. The van der Waals surface area contributed by atoms with E-state index in [4.69, 9.17) is 0 Å². The van der Waals surface area contributed by atoms with Crippen molar-refractivity contribution in [2.75, 3.05) is 13.1 Å². The molecule has 29 heavy (non-hydrogen) atoms. The molecule has 154 valence electrons. The smallest absolute Gasteiger partial charge is 0.270 e. The minimum absolute atomic E-state index is 0.114. The van der Waals surface area contributed by atoms with Gasteiger partial charge in [0.2, 0.25) is 0 Å². The number of aromatic nitrogens is 2. The summed E-state index contributed by atoms with van der Waals surface area (Å²) in [6.07, 6.45) is 6.27. The van der Waals surface area contributed by atoms with Crippen molar-refractivity contribution >= 4 is 38.6 Å². The van der Waals surface area contributed by atoms with E-state index in [0.29, 0.717) is 36.1 Å². The fourth-order valence-electron chi connectivity index (χ4n) is 4.21. The van der Waals surface area contributed by atoms with Crippen LogP contribution in [0.3, 0.4) is 0 Å². The van der Waals surface area contributed by atoms with E-state index in [1.54, 1.807) is 23.4 Å². The first-order valence-electron chi connectivity index (χ1n) is 9.97. The Morgan fingerprint density at radius 3 is 2.86 bits per heavy atom. The lowest BCUT2D eigenvalue weighted by molar-refractivity contribution is -0.149. The van der Waals surface area contributed by atoms with Crippen molar-refractivity contribution in [1.29, 1.82) is 0 Å². The number of likely N-dealkylation sites (tertiary alicyclic amines) is 1. The highest BCUT2D eigenvalue weighted by atomic mass is 79.9. The van der Waals surface area contributed by atoms with Crippen molar-refractivity contribution < 1.29 is 14.7 Å². The summed E-state index contributed by atoms with van der Waals surface area (Å²) in [7, 11) is 0. The molecule has 2 amide bonds. The monoisotopic (exact) mass is 460 g/mol. The van der Waals surface area contributed by atoms with Gasteiger partial charge < -0.3 is 15.3 Å². The Kier molecular flexibility index (Phi) is 5.33. The van der Waals surface area contributed by atoms with Crippen LogP contribution in [0.2, 0.25) is 0 Å². The van der Waals surface area contributed by atoms with E-state index in [1.165, 1.54) is 13.8 Å². The van der Waals surface area contributed by atoms with Crippen LogP contribution < -0.4 is 5.32 Å². The van der Waals surface area contributed by atoms with Crippen LogP contribution in [0.4, 0.5) is 0 Å². The van der Waals surface area contributed by atoms with Gasteiger partial charge in [0.1, 0.15) is 11.3 Å². The molecule has 3 atom stereocenters. The molecule has 0 radical (unpaired) electrons. The highest BCUT2D eigenvalue weighted by Gasteiger charge is 2.46. The standard InChI is InChI=1S/C21H25BrN4O3/c1-21(2,29)20(28)26-7-3-4-13(11-26)14-8-17(14)25-19(27)16-6-5-12-9-23-10-15(22)18(12)24-16/h5-6,9-10,13-14,17,29H,3-4,7-8,11H2,1-2H3,(H,25,27). The first kappa shape index (κ1) is 20.2. The number of rotatable bonds is 4. The Morgan fingerprint density at radius 1 is 1.31 bits per heavy atom. The topological polar surface area (TPSA) is 95.4 Å². The summed E-state index contributed by atoms with van der Waals surface area (Å²) < 4.78 is 0.757. The lowest BCUT2D eigenvalue weighted by Gasteiger charge is -2.36. The fourth-order valence-corrected chi connectivity index (χ4v) is 4.65. The molecule has 1 saturated carbocycles. The minimum Gasteiger partial charge on any atom is -0.381 e. The summed E-state index contributed by atoms with van der Waals surface area (Å²) in [5.41, 5.74) is -0.240. The van der Waals surface area contributed by atoms with Gasteiger partial charge >= 0.3 is 0 Å². The fraction of sp³-hybridized carbons (Fsp3) is 0.524. The van der Waals surface area contributed by atoms with Crippen LogP contribution >= 0.6 is 15.9 Å². The minimum atomic E-state index is -1.34. The Bertz CT molecular complexity index is 959. The third-order valence-electron chi connectivity index (χ3n) is 5.82. The Balaban J connectivity index is 1.38. The van der Waals surface area contributed by atoms with Crippen LogP contribution in [0.5, 0.6) is 0 Å². The van der Waals surface area contributed by atoms with Gasteiger partial charge in [0, 0.05) is 36.9 Å². The summed E-state index contributed by atoms with van der Waals surface area (Å²) in [4.78, 5) is 35.4. The Morgan fingerprint density at radius 2 is 2.10 bits per heavy atom.